The van der Waals surface area contributed by atoms with Crippen LogP contribution in [0.5, 0.6) is 5.75 Å². The number of carbonyl (C=O) groups excluding carboxylic acids is 1. The summed E-state index contributed by atoms with van der Waals surface area (Å²) in [4.78, 5) is 11.7. The van der Waals surface area contributed by atoms with Crippen LogP contribution < -0.4 is 15.4 Å². The summed E-state index contributed by atoms with van der Waals surface area (Å²) in [6.45, 7) is 3.11. The second kappa shape index (κ2) is 9.87. The Labute approximate surface area is 137 Å². The Bertz CT molecular complexity index is 437. The molecule has 0 aromatic heterocycles. The van der Waals surface area contributed by atoms with Gasteiger partial charge in [-0.15, -0.1) is 12.4 Å². The zero-order chi connectivity index (χ0) is 14.2. The number of nitrogens with one attached hydrogen (secondary N) is 2. The fourth-order valence-electron chi connectivity index (χ4n) is 2.30. The lowest BCUT2D eigenvalue weighted by atomic mass is 10.0. The van der Waals surface area contributed by atoms with Crippen molar-refractivity contribution < 1.29 is 9.53 Å². The van der Waals surface area contributed by atoms with Crippen LogP contribution in [0.25, 0.3) is 0 Å². The van der Waals surface area contributed by atoms with Crippen molar-refractivity contribution in [2.45, 2.75) is 19.3 Å². The lowest BCUT2D eigenvalue weighted by Crippen LogP contribution is -2.28. The molecule has 1 saturated heterocycles. The van der Waals surface area contributed by atoms with Gasteiger partial charge in [0.2, 0.25) is 5.91 Å². The van der Waals surface area contributed by atoms with Crippen LogP contribution in [0.2, 0.25) is 5.02 Å². The molecule has 118 valence electrons. The minimum Gasteiger partial charge on any atom is -0.492 e. The molecule has 1 aliphatic heterocycles. The Morgan fingerprint density at radius 2 is 2.33 bits per heavy atom. The minimum absolute atomic E-state index is 0. The summed E-state index contributed by atoms with van der Waals surface area (Å²) in [7, 11) is 0. The van der Waals surface area contributed by atoms with Gasteiger partial charge in [0.1, 0.15) is 12.4 Å². The van der Waals surface area contributed by atoms with Gasteiger partial charge in [0.25, 0.3) is 0 Å². The smallest absolute Gasteiger partial charge is 0.220 e. The van der Waals surface area contributed by atoms with Gasteiger partial charge in [0.05, 0.1) is 6.54 Å². The maximum Gasteiger partial charge on any atom is 0.220 e. The molecule has 1 aromatic rings. The monoisotopic (exact) mass is 332 g/mol. The largest absolute Gasteiger partial charge is 0.492 e. The van der Waals surface area contributed by atoms with E-state index in [2.05, 4.69) is 10.6 Å². The van der Waals surface area contributed by atoms with Crippen molar-refractivity contribution in [2.24, 2.45) is 5.92 Å². The van der Waals surface area contributed by atoms with Crippen molar-refractivity contribution in [3.8, 4) is 5.75 Å². The van der Waals surface area contributed by atoms with Gasteiger partial charge < -0.3 is 15.4 Å². The normalized spacial score (nSPS) is 17.1. The predicted molar refractivity (Wildman–Crippen MR) is 87.4 cm³/mol. The summed E-state index contributed by atoms with van der Waals surface area (Å²) in [6, 6.07) is 7.25. The van der Waals surface area contributed by atoms with Crippen LogP contribution in [0.1, 0.15) is 19.3 Å². The molecule has 0 bridgehead atoms. The van der Waals surface area contributed by atoms with Crippen molar-refractivity contribution in [1.29, 1.82) is 0 Å². The Morgan fingerprint density at radius 1 is 1.48 bits per heavy atom. The van der Waals surface area contributed by atoms with Crippen LogP contribution in [0.15, 0.2) is 24.3 Å². The van der Waals surface area contributed by atoms with Crippen LogP contribution in [-0.4, -0.2) is 32.1 Å². The number of rotatable bonds is 7. The number of halogens is 2. The molecule has 2 rings (SSSR count). The Kier molecular flexibility index (Phi) is 8.50. The van der Waals surface area contributed by atoms with Crippen LogP contribution in [0, 0.1) is 5.92 Å². The predicted octanol–water partition coefficient (Wildman–Crippen LogP) is 2.65. The van der Waals surface area contributed by atoms with Crippen molar-refractivity contribution in [1.82, 2.24) is 10.6 Å². The first-order chi connectivity index (χ1) is 9.74. The third-order valence-corrected chi connectivity index (χ3v) is 3.67. The molecule has 21 heavy (non-hydrogen) atoms. The molecular weight excluding hydrogens is 311 g/mol. The quantitative estimate of drug-likeness (QED) is 0.754. The van der Waals surface area contributed by atoms with Crippen molar-refractivity contribution in [2.75, 3.05) is 26.2 Å². The lowest BCUT2D eigenvalue weighted by Gasteiger charge is -2.09. The van der Waals surface area contributed by atoms with Crippen molar-refractivity contribution in [3.05, 3.63) is 29.3 Å². The van der Waals surface area contributed by atoms with Crippen molar-refractivity contribution in [3.63, 3.8) is 0 Å². The third-order valence-electron chi connectivity index (χ3n) is 3.43. The van der Waals surface area contributed by atoms with Crippen molar-refractivity contribution >= 4 is 29.9 Å². The number of ether oxygens (including phenoxy) is 1. The van der Waals surface area contributed by atoms with E-state index in [4.69, 9.17) is 16.3 Å². The molecule has 1 fully saturated rings. The summed E-state index contributed by atoms with van der Waals surface area (Å²) in [6.07, 6.45) is 2.75. The maximum atomic E-state index is 11.7. The Hall–Kier alpha value is -0.970. The molecular formula is C15H22Cl2N2O2. The first kappa shape index (κ1) is 18.1. The average molecular weight is 333 g/mol. The van der Waals surface area contributed by atoms with E-state index in [0.717, 1.165) is 25.3 Å². The molecule has 1 amide bonds. The fraction of sp³-hybridized carbons (Fsp3) is 0.533. The van der Waals surface area contributed by atoms with E-state index in [0.29, 0.717) is 30.5 Å². The molecule has 1 heterocycles. The Morgan fingerprint density at radius 3 is 3.05 bits per heavy atom. The zero-order valence-corrected chi connectivity index (χ0v) is 13.5. The second-order valence-corrected chi connectivity index (χ2v) is 5.49. The molecule has 0 radical (unpaired) electrons. The number of carbonyl (C=O) groups is 1. The van der Waals surface area contributed by atoms with E-state index < -0.39 is 0 Å². The third kappa shape index (κ3) is 7.02. The summed E-state index contributed by atoms with van der Waals surface area (Å²) in [5, 5.41) is 6.83. The average Bonchev–Trinajstić information content (AvgIpc) is 2.95. The van der Waals surface area contributed by atoms with Gasteiger partial charge in [0.15, 0.2) is 0 Å². The molecule has 1 aliphatic rings. The lowest BCUT2D eigenvalue weighted by molar-refractivity contribution is -0.121. The highest BCUT2D eigenvalue weighted by molar-refractivity contribution is 6.30. The molecule has 0 saturated carbocycles. The highest BCUT2D eigenvalue weighted by atomic mass is 35.5. The molecule has 2 N–H and O–H groups in total. The summed E-state index contributed by atoms with van der Waals surface area (Å²) in [5.74, 6) is 1.49. The van der Waals surface area contributed by atoms with Gasteiger partial charge in [-0.2, -0.15) is 0 Å². The first-order valence-corrected chi connectivity index (χ1v) is 7.47. The van der Waals surface area contributed by atoms with Crippen LogP contribution in [0.3, 0.4) is 0 Å². The van der Waals surface area contributed by atoms with Gasteiger partial charge in [-0.1, -0.05) is 17.7 Å². The SMILES string of the molecule is Cl.O=C(CCC1CCNC1)NCCOc1cccc(Cl)c1. The van der Waals surface area contributed by atoms with Gasteiger partial charge >= 0.3 is 0 Å². The number of benzene rings is 1. The van der Waals surface area contributed by atoms with E-state index >= 15 is 0 Å². The number of amides is 1. The Balaban J connectivity index is 0.00000220. The molecule has 1 atom stereocenters. The van der Waals surface area contributed by atoms with E-state index in [1.807, 2.05) is 12.1 Å². The first-order valence-electron chi connectivity index (χ1n) is 7.10. The van der Waals surface area contributed by atoms with Gasteiger partial charge in [-0.3, -0.25) is 4.79 Å². The van der Waals surface area contributed by atoms with E-state index in [1.54, 1.807) is 12.1 Å². The summed E-state index contributed by atoms with van der Waals surface area (Å²) in [5.41, 5.74) is 0. The van der Waals surface area contributed by atoms with Gasteiger partial charge in [-0.05, 0) is 50.0 Å². The standard InChI is InChI=1S/C15H21ClN2O2.ClH/c16-13-2-1-3-14(10-13)20-9-8-18-15(19)5-4-12-6-7-17-11-12;/h1-3,10,12,17H,4-9,11H2,(H,18,19);1H. The zero-order valence-electron chi connectivity index (χ0n) is 11.9. The fourth-order valence-corrected chi connectivity index (χ4v) is 2.48. The van der Waals surface area contributed by atoms with Crippen LogP contribution >= 0.6 is 24.0 Å². The summed E-state index contributed by atoms with van der Waals surface area (Å²) < 4.78 is 5.51. The maximum absolute atomic E-state index is 11.7. The topological polar surface area (TPSA) is 50.4 Å². The molecule has 0 aliphatic carbocycles. The molecule has 6 heteroatoms. The number of hydrogen-bond donors (Lipinski definition) is 2. The molecule has 4 nitrogen and oxygen atoms in total. The van der Waals surface area contributed by atoms with Crippen LogP contribution in [-0.2, 0) is 4.79 Å². The van der Waals surface area contributed by atoms with Crippen LogP contribution in [0.4, 0.5) is 0 Å². The molecule has 1 aromatic carbocycles. The number of hydrogen-bond acceptors (Lipinski definition) is 3. The van der Waals surface area contributed by atoms with Gasteiger partial charge in [0, 0.05) is 11.4 Å². The van der Waals surface area contributed by atoms with E-state index in [9.17, 15) is 4.79 Å². The highest BCUT2D eigenvalue weighted by Crippen LogP contribution is 2.16. The summed E-state index contributed by atoms with van der Waals surface area (Å²) >= 11 is 5.86. The van der Waals surface area contributed by atoms with E-state index in [1.165, 1.54) is 6.42 Å². The second-order valence-electron chi connectivity index (χ2n) is 5.05. The van der Waals surface area contributed by atoms with Gasteiger partial charge in [-0.25, -0.2) is 0 Å². The highest BCUT2D eigenvalue weighted by Gasteiger charge is 2.15. The molecule has 0 spiro atoms. The minimum atomic E-state index is 0. The molecule has 1 unspecified atom stereocenters. The van der Waals surface area contributed by atoms with E-state index in [-0.39, 0.29) is 18.3 Å².